The van der Waals surface area contributed by atoms with Crippen molar-refractivity contribution in [2.45, 2.75) is 41.0 Å². The average molecular weight is 173 g/mol. The SMILES string of the molecule is CC.CCC(=O)N(CC)C(C)=O. The van der Waals surface area contributed by atoms with Crippen LogP contribution in [-0.2, 0) is 9.59 Å². The molecule has 0 unspecified atom stereocenters. The van der Waals surface area contributed by atoms with E-state index in [0.29, 0.717) is 13.0 Å². The first-order valence-corrected chi connectivity index (χ1v) is 4.44. The van der Waals surface area contributed by atoms with Crippen molar-refractivity contribution in [2.24, 2.45) is 0 Å². The molecule has 3 nitrogen and oxygen atoms in total. The van der Waals surface area contributed by atoms with Crippen LogP contribution in [0.4, 0.5) is 0 Å². The fourth-order valence-corrected chi connectivity index (χ4v) is 0.765. The lowest BCUT2D eigenvalue weighted by Gasteiger charge is -2.14. The average Bonchev–Trinajstić information content (AvgIpc) is 2.08. The van der Waals surface area contributed by atoms with E-state index in [1.54, 1.807) is 13.8 Å². The Labute approximate surface area is 74.7 Å². The minimum atomic E-state index is -0.172. The smallest absolute Gasteiger partial charge is 0.228 e. The van der Waals surface area contributed by atoms with Gasteiger partial charge in [-0.1, -0.05) is 20.8 Å². The topological polar surface area (TPSA) is 37.4 Å². The summed E-state index contributed by atoms with van der Waals surface area (Å²) in [6, 6.07) is 0. The summed E-state index contributed by atoms with van der Waals surface area (Å²) in [5, 5.41) is 0. The van der Waals surface area contributed by atoms with Crippen molar-refractivity contribution in [3.8, 4) is 0 Å². The van der Waals surface area contributed by atoms with Gasteiger partial charge in [0.25, 0.3) is 0 Å². The van der Waals surface area contributed by atoms with Crippen LogP contribution < -0.4 is 0 Å². The Bertz CT molecular complexity index is 143. The van der Waals surface area contributed by atoms with Crippen LogP contribution in [0.1, 0.15) is 41.0 Å². The molecule has 0 bridgehead atoms. The molecule has 72 valence electrons. The van der Waals surface area contributed by atoms with Crippen LogP contribution in [0.5, 0.6) is 0 Å². The van der Waals surface area contributed by atoms with Crippen molar-refractivity contribution >= 4 is 11.8 Å². The van der Waals surface area contributed by atoms with Gasteiger partial charge in [-0.15, -0.1) is 0 Å². The molecule has 0 atom stereocenters. The Morgan fingerprint density at radius 1 is 1.17 bits per heavy atom. The zero-order chi connectivity index (χ0) is 10.1. The second-order valence-electron chi connectivity index (χ2n) is 2.01. The second-order valence-corrected chi connectivity index (χ2v) is 2.01. The molecular formula is C9H19NO2. The maximum absolute atomic E-state index is 10.9. The van der Waals surface area contributed by atoms with Gasteiger partial charge in [-0.25, -0.2) is 0 Å². The van der Waals surface area contributed by atoms with E-state index in [4.69, 9.17) is 0 Å². The first-order chi connectivity index (χ1) is 5.63. The molecule has 0 saturated heterocycles. The Morgan fingerprint density at radius 2 is 1.58 bits per heavy atom. The van der Waals surface area contributed by atoms with E-state index < -0.39 is 0 Å². The van der Waals surface area contributed by atoms with E-state index in [0.717, 1.165) is 0 Å². The summed E-state index contributed by atoms with van der Waals surface area (Å²) in [6.45, 7) is 9.40. The minimum absolute atomic E-state index is 0.102. The number of rotatable bonds is 2. The second kappa shape index (κ2) is 8.24. The first kappa shape index (κ1) is 13.7. The molecule has 0 aromatic carbocycles. The monoisotopic (exact) mass is 173 g/mol. The van der Waals surface area contributed by atoms with E-state index in [2.05, 4.69) is 0 Å². The van der Waals surface area contributed by atoms with E-state index in [9.17, 15) is 9.59 Å². The standard InChI is InChI=1S/C7H13NO2.C2H6/c1-4-7(10)8(5-2)6(3)9;1-2/h4-5H2,1-3H3;1-2H3. The molecule has 12 heavy (non-hydrogen) atoms. The van der Waals surface area contributed by atoms with Crippen molar-refractivity contribution in [1.29, 1.82) is 0 Å². The molecule has 3 heteroatoms. The largest absolute Gasteiger partial charge is 0.283 e. The van der Waals surface area contributed by atoms with Gasteiger partial charge >= 0.3 is 0 Å². The normalized spacial score (nSPS) is 8.08. The van der Waals surface area contributed by atoms with Gasteiger partial charge in [0.2, 0.25) is 11.8 Å². The van der Waals surface area contributed by atoms with Crippen molar-refractivity contribution in [3.05, 3.63) is 0 Å². The number of hydrogen-bond acceptors (Lipinski definition) is 2. The zero-order valence-electron chi connectivity index (χ0n) is 8.68. The number of hydrogen-bond donors (Lipinski definition) is 0. The van der Waals surface area contributed by atoms with Gasteiger partial charge in [-0.3, -0.25) is 14.5 Å². The number of nitrogens with zero attached hydrogens (tertiary/aromatic N) is 1. The van der Waals surface area contributed by atoms with Crippen molar-refractivity contribution in [2.75, 3.05) is 6.54 Å². The summed E-state index contributed by atoms with van der Waals surface area (Å²) >= 11 is 0. The van der Waals surface area contributed by atoms with Crippen LogP contribution in [0.25, 0.3) is 0 Å². The molecule has 0 aromatic rings. The van der Waals surface area contributed by atoms with Crippen LogP contribution in [-0.4, -0.2) is 23.3 Å². The number of carbonyl (C=O) groups excluding carboxylic acids is 2. The number of carbonyl (C=O) groups is 2. The van der Waals surface area contributed by atoms with Gasteiger partial charge in [-0.05, 0) is 6.92 Å². The Morgan fingerprint density at radius 3 is 1.67 bits per heavy atom. The molecular weight excluding hydrogens is 154 g/mol. The predicted octanol–water partition coefficient (Wildman–Crippen LogP) is 1.82. The fourth-order valence-electron chi connectivity index (χ4n) is 0.765. The van der Waals surface area contributed by atoms with Crippen LogP contribution in [0.3, 0.4) is 0 Å². The quantitative estimate of drug-likeness (QED) is 0.638. The fraction of sp³-hybridized carbons (Fsp3) is 0.778. The first-order valence-electron chi connectivity index (χ1n) is 4.44. The molecule has 0 fully saturated rings. The Balaban J connectivity index is 0. The van der Waals surface area contributed by atoms with Crippen molar-refractivity contribution in [1.82, 2.24) is 4.90 Å². The lowest BCUT2D eigenvalue weighted by molar-refractivity contribution is -0.142. The maximum Gasteiger partial charge on any atom is 0.228 e. The third kappa shape index (κ3) is 4.88. The van der Waals surface area contributed by atoms with Gasteiger partial charge in [0, 0.05) is 19.9 Å². The lowest BCUT2D eigenvalue weighted by atomic mass is 10.4. The molecule has 0 saturated carbocycles. The van der Waals surface area contributed by atoms with E-state index in [1.807, 2.05) is 13.8 Å². The highest BCUT2D eigenvalue weighted by atomic mass is 16.2. The van der Waals surface area contributed by atoms with Crippen LogP contribution >= 0.6 is 0 Å². The van der Waals surface area contributed by atoms with Gasteiger partial charge in [0.05, 0.1) is 0 Å². The molecule has 0 rings (SSSR count). The maximum atomic E-state index is 10.9. The third-order valence-electron chi connectivity index (χ3n) is 1.30. The molecule has 0 heterocycles. The summed E-state index contributed by atoms with van der Waals surface area (Å²) in [5.41, 5.74) is 0. The summed E-state index contributed by atoms with van der Waals surface area (Å²) in [7, 11) is 0. The van der Waals surface area contributed by atoms with Gasteiger partial charge in [0.1, 0.15) is 0 Å². The molecule has 2 amide bonds. The molecule has 0 aliphatic heterocycles. The summed E-state index contributed by atoms with van der Waals surface area (Å²) < 4.78 is 0. The third-order valence-corrected chi connectivity index (χ3v) is 1.30. The minimum Gasteiger partial charge on any atom is -0.283 e. The zero-order valence-corrected chi connectivity index (χ0v) is 8.68. The van der Waals surface area contributed by atoms with Crippen molar-refractivity contribution < 1.29 is 9.59 Å². The highest BCUT2D eigenvalue weighted by Crippen LogP contribution is 1.93. The Kier molecular flexibility index (Phi) is 9.41. The summed E-state index contributed by atoms with van der Waals surface area (Å²) in [6.07, 6.45) is 0.396. The van der Waals surface area contributed by atoms with E-state index in [1.165, 1.54) is 11.8 Å². The lowest BCUT2D eigenvalue weighted by Crippen LogP contribution is -2.34. The predicted molar refractivity (Wildman–Crippen MR) is 49.7 cm³/mol. The molecule has 0 radical (unpaired) electrons. The van der Waals surface area contributed by atoms with Crippen LogP contribution in [0, 0.1) is 0 Å². The highest BCUT2D eigenvalue weighted by molar-refractivity contribution is 5.93. The Hall–Kier alpha value is -0.860. The van der Waals surface area contributed by atoms with Crippen molar-refractivity contribution in [3.63, 3.8) is 0 Å². The van der Waals surface area contributed by atoms with Gasteiger partial charge < -0.3 is 0 Å². The number of imide groups is 1. The van der Waals surface area contributed by atoms with Gasteiger partial charge in [0.15, 0.2) is 0 Å². The number of amides is 2. The summed E-state index contributed by atoms with van der Waals surface area (Å²) in [5.74, 6) is -0.274. The molecule has 0 aliphatic carbocycles. The molecule has 0 aliphatic rings. The van der Waals surface area contributed by atoms with Gasteiger partial charge in [-0.2, -0.15) is 0 Å². The van der Waals surface area contributed by atoms with E-state index in [-0.39, 0.29) is 11.8 Å². The van der Waals surface area contributed by atoms with E-state index >= 15 is 0 Å². The van der Waals surface area contributed by atoms with Crippen LogP contribution in [0.2, 0.25) is 0 Å². The summed E-state index contributed by atoms with van der Waals surface area (Å²) in [4.78, 5) is 22.8. The molecule has 0 N–H and O–H groups in total. The molecule has 0 spiro atoms. The highest BCUT2D eigenvalue weighted by Gasteiger charge is 2.12. The molecule has 0 aromatic heterocycles. The van der Waals surface area contributed by atoms with Crippen LogP contribution in [0.15, 0.2) is 0 Å².